The van der Waals surface area contributed by atoms with Gasteiger partial charge in [0.05, 0.1) is 11.8 Å². The van der Waals surface area contributed by atoms with E-state index < -0.39 is 0 Å². The van der Waals surface area contributed by atoms with Crippen molar-refractivity contribution >= 4 is 22.8 Å². The Hall–Kier alpha value is -1.09. The first kappa shape index (κ1) is 10.4. The van der Waals surface area contributed by atoms with E-state index in [9.17, 15) is 0 Å². The highest BCUT2D eigenvalue weighted by atomic mass is 35.5. The molecule has 4 heteroatoms. The summed E-state index contributed by atoms with van der Waals surface area (Å²) in [4.78, 5) is 8.42. The number of hydrogen-bond acceptors (Lipinski definition) is 2. The maximum absolute atomic E-state index is 5.81. The molecule has 0 aliphatic heterocycles. The van der Waals surface area contributed by atoms with Gasteiger partial charge in [-0.2, -0.15) is 0 Å². The fraction of sp³-hybridized carbons (Fsp3) is 0.455. The average Bonchev–Trinajstić information content (AvgIpc) is 2.60. The van der Waals surface area contributed by atoms with Crippen LogP contribution in [0, 0.1) is 0 Å². The van der Waals surface area contributed by atoms with E-state index in [1.807, 2.05) is 12.4 Å². The lowest BCUT2D eigenvalue weighted by Crippen LogP contribution is -2.02. The first-order valence-corrected chi connectivity index (χ1v) is 5.59. The van der Waals surface area contributed by atoms with Crippen LogP contribution in [-0.2, 0) is 0 Å². The number of pyridine rings is 1. The van der Waals surface area contributed by atoms with Crippen LogP contribution in [0.4, 0.5) is 0 Å². The summed E-state index contributed by atoms with van der Waals surface area (Å²) in [5.41, 5.74) is 1.78. The van der Waals surface area contributed by atoms with Crippen molar-refractivity contribution < 1.29 is 0 Å². The molecule has 0 radical (unpaired) electrons. The van der Waals surface area contributed by atoms with Gasteiger partial charge in [0.2, 0.25) is 0 Å². The van der Waals surface area contributed by atoms with Crippen molar-refractivity contribution in [2.45, 2.75) is 32.7 Å². The molecule has 0 saturated carbocycles. The van der Waals surface area contributed by atoms with Crippen molar-refractivity contribution in [2.75, 3.05) is 0 Å². The highest BCUT2D eigenvalue weighted by Crippen LogP contribution is 2.20. The zero-order valence-corrected chi connectivity index (χ0v) is 9.70. The molecule has 0 amide bonds. The lowest BCUT2D eigenvalue weighted by molar-refractivity contribution is 0.512. The van der Waals surface area contributed by atoms with Crippen LogP contribution >= 0.6 is 11.6 Å². The molecule has 0 saturated heterocycles. The van der Waals surface area contributed by atoms with Gasteiger partial charge in [0, 0.05) is 6.04 Å². The Kier molecular flexibility index (Phi) is 2.91. The minimum atomic E-state index is 0.461. The molecule has 1 atom stereocenters. The van der Waals surface area contributed by atoms with Crippen molar-refractivity contribution in [3.8, 4) is 0 Å². The van der Waals surface area contributed by atoms with Crippen molar-refractivity contribution in [1.29, 1.82) is 0 Å². The molecular formula is C11H14ClN3. The van der Waals surface area contributed by atoms with E-state index >= 15 is 0 Å². The fourth-order valence-electron chi connectivity index (χ4n) is 1.80. The molecule has 3 nitrogen and oxygen atoms in total. The van der Waals surface area contributed by atoms with Crippen molar-refractivity contribution in [3.05, 3.63) is 23.6 Å². The third kappa shape index (κ3) is 1.97. The van der Waals surface area contributed by atoms with Gasteiger partial charge in [0.25, 0.3) is 0 Å². The molecule has 0 N–H and O–H groups in total. The first-order chi connectivity index (χ1) is 7.22. The average molecular weight is 224 g/mol. The van der Waals surface area contributed by atoms with Gasteiger partial charge < -0.3 is 4.57 Å². The molecule has 0 aliphatic carbocycles. The number of halogens is 1. The zero-order chi connectivity index (χ0) is 10.8. The van der Waals surface area contributed by atoms with Crippen LogP contribution in [0.5, 0.6) is 0 Å². The van der Waals surface area contributed by atoms with Gasteiger partial charge in [0.15, 0.2) is 5.65 Å². The molecule has 2 heterocycles. The Morgan fingerprint density at radius 3 is 3.00 bits per heavy atom. The molecule has 0 fully saturated rings. The minimum Gasteiger partial charge on any atom is -0.326 e. The van der Waals surface area contributed by atoms with Crippen molar-refractivity contribution in [1.82, 2.24) is 14.5 Å². The second-order valence-electron chi connectivity index (χ2n) is 3.77. The number of imidazole rings is 1. The normalized spacial score (nSPS) is 13.3. The van der Waals surface area contributed by atoms with E-state index in [1.165, 1.54) is 6.42 Å². The van der Waals surface area contributed by atoms with Crippen LogP contribution in [0.2, 0.25) is 5.15 Å². The number of hydrogen-bond donors (Lipinski definition) is 0. The zero-order valence-electron chi connectivity index (χ0n) is 8.94. The standard InChI is InChI=1S/C11H14ClN3/c1-3-4-8(2)15-7-13-11-9(15)5-6-10(12)14-11/h5-8H,3-4H2,1-2H3. The lowest BCUT2D eigenvalue weighted by Gasteiger charge is -2.12. The van der Waals surface area contributed by atoms with Crippen LogP contribution in [-0.4, -0.2) is 14.5 Å². The van der Waals surface area contributed by atoms with Crippen molar-refractivity contribution in [2.24, 2.45) is 0 Å². The summed E-state index contributed by atoms with van der Waals surface area (Å²) in [5.74, 6) is 0. The Labute approximate surface area is 94.1 Å². The van der Waals surface area contributed by atoms with E-state index in [0.717, 1.165) is 17.6 Å². The van der Waals surface area contributed by atoms with E-state index in [2.05, 4.69) is 28.4 Å². The lowest BCUT2D eigenvalue weighted by atomic mass is 10.2. The fourth-order valence-corrected chi connectivity index (χ4v) is 1.94. The predicted octanol–water partition coefficient (Wildman–Crippen LogP) is 3.45. The second kappa shape index (κ2) is 4.19. The molecule has 1 unspecified atom stereocenters. The smallest absolute Gasteiger partial charge is 0.179 e. The number of fused-ring (bicyclic) bond motifs is 1. The second-order valence-corrected chi connectivity index (χ2v) is 4.15. The summed E-state index contributed by atoms with van der Waals surface area (Å²) in [5, 5.41) is 0.496. The van der Waals surface area contributed by atoms with E-state index in [1.54, 1.807) is 6.07 Å². The van der Waals surface area contributed by atoms with E-state index in [0.29, 0.717) is 11.2 Å². The monoisotopic (exact) mass is 223 g/mol. The van der Waals surface area contributed by atoms with Gasteiger partial charge in [-0.25, -0.2) is 9.97 Å². The SMILES string of the molecule is CCCC(C)n1cnc2nc(Cl)ccc21. The minimum absolute atomic E-state index is 0.461. The molecule has 15 heavy (non-hydrogen) atoms. The summed E-state index contributed by atoms with van der Waals surface area (Å²) < 4.78 is 2.15. The molecule has 0 aromatic carbocycles. The quantitative estimate of drug-likeness (QED) is 0.747. The summed E-state index contributed by atoms with van der Waals surface area (Å²) in [6.45, 7) is 4.38. The highest BCUT2D eigenvalue weighted by Gasteiger charge is 2.09. The summed E-state index contributed by atoms with van der Waals surface area (Å²) in [6, 6.07) is 4.24. The van der Waals surface area contributed by atoms with Crippen LogP contribution in [0.15, 0.2) is 18.5 Å². The summed E-state index contributed by atoms with van der Waals surface area (Å²) in [7, 11) is 0. The van der Waals surface area contributed by atoms with E-state index in [4.69, 9.17) is 11.6 Å². The number of rotatable bonds is 3. The van der Waals surface area contributed by atoms with Gasteiger partial charge in [-0.3, -0.25) is 0 Å². The Bertz CT molecular complexity index is 464. The third-order valence-electron chi connectivity index (χ3n) is 2.58. The van der Waals surface area contributed by atoms with Crippen LogP contribution in [0.25, 0.3) is 11.2 Å². The summed E-state index contributed by atoms with van der Waals surface area (Å²) in [6.07, 6.45) is 4.16. The van der Waals surface area contributed by atoms with E-state index in [-0.39, 0.29) is 0 Å². The first-order valence-electron chi connectivity index (χ1n) is 5.21. The molecule has 80 valence electrons. The topological polar surface area (TPSA) is 30.7 Å². The molecule has 2 rings (SSSR count). The summed E-state index contributed by atoms with van der Waals surface area (Å²) >= 11 is 5.81. The Balaban J connectivity index is 2.44. The maximum Gasteiger partial charge on any atom is 0.179 e. The van der Waals surface area contributed by atoms with Crippen LogP contribution < -0.4 is 0 Å². The highest BCUT2D eigenvalue weighted by molar-refractivity contribution is 6.29. The molecule has 0 spiro atoms. The molecule has 0 bridgehead atoms. The number of aromatic nitrogens is 3. The molecule has 2 aromatic rings. The van der Waals surface area contributed by atoms with Crippen LogP contribution in [0.1, 0.15) is 32.7 Å². The number of nitrogens with zero attached hydrogens (tertiary/aromatic N) is 3. The third-order valence-corrected chi connectivity index (χ3v) is 2.79. The Morgan fingerprint density at radius 1 is 1.47 bits per heavy atom. The van der Waals surface area contributed by atoms with Gasteiger partial charge >= 0.3 is 0 Å². The van der Waals surface area contributed by atoms with Crippen LogP contribution in [0.3, 0.4) is 0 Å². The molecule has 0 aliphatic rings. The van der Waals surface area contributed by atoms with Gasteiger partial charge in [0.1, 0.15) is 5.15 Å². The largest absolute Gasteiger partial charge is 0.326 e. The Morgan fingerprint density at radius 2 is 2.27 bits per heavy atom. The van der Waals surface area contributed by atoms with Crippen molar-refractivity contribution in [3.63, 3.8) is 0 Å². The van der Waals surface area contributed by atoms with Gasteiger partial charge in [-0.1, -0.05) is 24.9 Å². The molecule has 2 aromatic heterocycles. The molecular weight excluding hydrogens is 210 g/mol. The van der Waals surface area contributed by atoms with Gasteiger partial charge in [-0.05, 0) is 25.5 Å². The predicted molar refractivity (Wildman–Crippen MR) is 62.2 cm³/mol. The maximum atomic E-state index is 5.81. The van der Waals surface area contributed by atoms with Gasteiger partial charge in [-0.15, -0.1) is 0 Å².